The predicted octanol–water partition coefficient (Wildman–Crippen LogP) is -3.37. The minimum atomic E-state index is -4.64. The molecule has 0 aromatic rings. The Bertz CT molecular complexity index is 336. The van der Waals surface area contributed by atoms with E-state index in [9.17, 15) is 9.59 Å². The second-order valence-corrected chi connectivity index (χ2v) is 4.60. The lowest BCUT2D eigenvalue weighted by atomic mass is 10.2. The molecule has 0 aliphatic rings. The van der Waals surface area contributed by atoms with Gasteiger partial charge in [-0.3, -0.25) is 9.59 Å². The molecule has 21 heavy (non-hydrogen) atoms. The molecule has 13 heteroatoms. The number of aliphatic carboxylic acids is 2. The van der Waals surface area contributed by atoms with Gasteiger partial charge in [0.15, 0.2) is 0 Å². The van der Waals surface area contributed by atoms with Gasteiger partial charge in [0.2, 0.25) is 0 Å². The minimum absolute atomic E-state index is 0.120. The number of nitrogens with two attached hydrogens (primary N) is 2. The predicted molar refractivity (Wildman–Crippen MR) is 68.9 cm³/mol. The fraction of sp³-hybridized carbons (Fsp3) is 0.750. The Morgan fingerprint density at radius 2 is 1.43 bits per heavy atom. The van der Waals surface area contributed by atoms with Crippen LogP contribution < -0.4 is 11.5 Å². The number of hydrogen-bond acceptors (Lipinski definition) is 7. The van der Waals surface area contributed by atoms with Gasteiger partial charge in [-0.05, 0) is 13.3 Å². The van der Waals surface area contributed by atoms with Crippen LogP contribution in [0.3, 0.4) is 0 Å². The van der Waals surface area contributed by atoms with Crippen molar-refractivity contribution in [1.82, 2.24) is 0 Å². The zero-order chi connectivity index (χ0) is 17.8. The Morgan fingerprint density at radius 1 is 1.10 bits per heavy atom. The second kappa shape index (κ2) is 12.6. The van der Waals surface area contributed by atoms with Crippen LogP contribution in [0, 0.1) is 0 Å². The van der Waals surface area contributed by atoms with E-state index in [-0.39, 0.29) is 13.0 Å². The van der Waals surface area contributed by atoms with E-state index in [0.29, 0.717) is 0 Å². The molecule has 0 heterocycles. The van der Waals surface area contributed by atoms with Crippen molar-refractivity contribution < 1.29 is 49.3 Å². The van der Waals surface area contributed by atoms with Crippen molar-refractivity contribution in [2.24, 2.45) is 11.5 Å². The van der Waals surface area contributed by atoms with Gasteiger partial charge in [0.1, 0.15) is 12.1 Å². The van der Waals surface area contributed by atoms with Crippen molar-refractivity contribution in [2.45, 2.75) is 31.5 Å². The summed E-state index contributed by atoms with van der Waals surface area (Å²) in [6.07, 6.45) is -0.859. The Kier molecular flexibility index (Phi) is 14.9. The van der Waals surface area contributed by atoms with Crippen LogP contribution in [0.2, 0.25) is 0 Å². The lowest BCUT2D eigenvalue weighted by Crippen LogP contribution is -2.39. The number of hydrogen-bond donors (Lipinski definition) is 9. The Morgan fingerprint density at radius 3 is 1.48 bits per heavy atom. The third kappa shape index (κ3) is 27.9. The first-order valence-corrected chi connectivity index (χ1v) is 6.84. The summed E-state index contributed by atoms with van der Waals surface area (Å²) in [6.45, 7) is 1.16. The summed E-state index contributed by atoms with van der Waals surface area (Å²) in [4.78, 5) is 41.3. The van der Waals surface area contributed by atoms with Crippen LogP contribution in [-0.4, -0.2) is 71.8 Å². The van der Waals surface area contributed by atoms with E-state index < -0.39 is 37.9 Å². The minimum Gasteiger partial charge on any atom is -0.480 e. The molecule has 0 aromatic heterocycles. The molecule has 0 saturated heterocycles. The number of phosphoric acid groups is 1. The second-order valence-electron chi connectivity index (χ2n) is 3.57. The molecule has 0 aliphatic carbocycles. The Hall–Kier alpha value is -1.11. The van der Waals surface area contributed by atoms with Crippen LogP contribution in [0.25, 0.3) is 0 Å². The monoisotopic (exact) mass is 336 g/mol. The maximum absolute atomic E-state index is 9.86. The summed E-state index contributed by atoms with van der Waals surface area (Å²) in [5.74, 6) is -2.25. The Labute approximate surface area is 119 Å². The molecule has 128 valence electrons. The van der Waals surface area contributed by atoms with Crippen molar-refractivity contribution in [1.29, 1.82) is 0 Å². The van der Waals surface area contributed by atoms with Crippen molar-refractivity contribution in [3.8, 4) is 0 Å². The van der Waals surface area contributed by atoms with Gasteiger partial charge in [-0.1, -0.05) is 0 Å². The van der Waals surface area contributed by atoms with Crippen molar-refractivity contribution >= 4 is 19.8 Å². The van der Waals surface area contributed by atoms with Crippen molar-refractivity contribution in [2.75, 3.05) is 6.61 Å². The van der Waals surface area contributed by atoms with Gasteiger partial charge in [-0.2, -0.15) is 0 Å². The molecule has 0 aliphatic heterocycles. The standard InChI is InChI=1S/2C4H9NO3.H3O4P/c1-2(6)3(5)4(7)8;5-3(1-2-6)4(7)8;1-5(2,3)4/h2-3,6H,5H2,1H3,(H,7,8);3,6H,1-2,5H2,(H,7,8);(H3,1,2,3,4). The van der Waals surface area contributed by atoms with Crippen LogP contribution in [0.15, 0.2) is 0 Å². The van der Waals surface area contributed by atoms with Gasteiger partial charge in [0.05, 0.1) is 6.10 Å². The third-order valence-corrected chi connectivity index (χ3v) is 1.56. The molecule has 3 unspecified atom stereocenters. The van der Waals surface area contributed by atoms with Crippen LogP contribution in [0.5, 0.6) is 0 Å². The fourth-order valence-corrected chi connectivity index (χ4v) is 0.469. The fourth-order valence-electron chi connectivity index (χ4n) is 0.469. The molecule has 0 bridgehead atoms. The quantitative estimate of drug-likeness (QED) is 0.223. The van der Waals surface area contributed by atoms with Crippen molar-refractivity contribution in [3.05, 3.63) is 0 Å². The van der Waals surface area contributed by atoms with E-state index >= 15 is 0 Å². The highest BCUT2D eigenvalue weighted by Gasteiger charge is 2.16. The summed E-state index contributed by atoms with van der Waals surface area (Å²) in [5.41, 5.74) is 9.88. The van der Waals surface area contributed by atoms with E-state index in [1.165, 1.54) is 6.92 Å². The van der Waals surface area contributed by atoms with Gasteiger partial charge >= 0.3 is 19.8 Å². The number of carboxylic acids is 2. The van der Waals surface area contributed by atoms with Crippen LogP contribution in [0.1, 0.15) is 13.3 Å². The molecule has 0 rings (SSSR count). The highest BCUT2D eigenvalue weighted by Crippen LogP contribution is 2.25. The number of aliphatic hydroxyl groups is 2. The van der Waals surface area contributed by atoms with Crippen molar-refractivity contribution in [3.63, 3.8) is 0 Å². The summed E-state index contributed by atoms with van der Waals surface area (Å²) in [5, 5.41) is 32.8. The molecule has 0 fully saturated rings. The SMILES string of the molecule is CC(O)C(N)C(=O)O.NC(CCO)C(=O)O.O=P(O)(O)O. The van der Waals surface area contributed by atoms with Crippen LogP contribution >= 0.6 is 7.82 Å². The maximum atomic E-state index is 9.86. The van der Waals surface area contributed by atoms with E-state index in [4.69, 9.17) is 51.1 Å². The zero-order valence-corrected chi connectivity index (χ0v) is 12.0. The highest BCUT2D eigenvalue weighted by atomic mass is 31.2. The van der Waals surface area contributed by atoms with Gasteiger partial charge in [0.25, 0.3) is 0 Å². The molecule has 0 spiro atoms. The molecular weight excluding hydrogens is 315 g/mol. The first-order valence-electron chi connectivity index (χ1n) is 5.28. The van der Waals surface area contributed by atoms with Crippen LogP contribution in [-0.2, 0) is 14.2 Å². The molecule has 0 radical (unpaired) electrons. The third-order valence-electron chi connectivity index (χ3n) is 1.56. The van der Waals surface area contributed by atoms with Gasteiger partial charge < -0.3 is 46.6 Å². The van der Waals surface area contributed by atoms with Gasteiger partial charge in [-0.15, -0.1) is 0 Å². The molecule has 12 nitrogen and oxygen atoms in total. The first-order chi connectivity index (χ1) is 9.23. The first kappa shape index (κ1) is 24.9. The summed E-state index contributed by atoms with van der Waals surface area (Å²) < 4.78 is 8.88. The number of carbonyl (C=O) groups is 2. The molecule has 11 N–H and O–H groups in total. The molecule has 0 amide bonds. The van der Waals surface area contributed by atoms with E-state index in [2.05, 4.69) is 0 Å². The lowest BCUT2D eigenvalue weighted by molar-refractivity contribution is -0.141. The highest BCUT2D eigenvalue weighted by molar-refractivity contribution is 7.45. The number of rotatable bonds is 5. The smallest absolute Gasteiger partial charge is 0.466 e. The summed E-state index contributed by atoms with van der Waals surface area (Å²) in [6, 6.07) is -2.07. The van der Waals surface area contributed by atoms with Crippen LogP contribution in [0.4, 0.5) is 0 Å². The van der Waals surface area contributed by atoms with Gasteiger partial charge in [-0.25, -0.2) is 4.57 Å². The molecule has 3 atom stereocenters. The normalized spacial score (nSPS) is 14.5. The molecular formula is C8H21N2O10P. The molecule has 0 aromatic carbocycles. The average Bonchev–Trinajstić information content (AvgIpc) is 2.26. The Balaban J connectivity index is -0.000000239. The summed E-state index contributed by atoms with van der Waals surface area (Å²) >= 11 is 0. The zero-order valence-electron chi connectivity index (χ0n) is 11.1. The average molecular weight is 336 g/mol. The van der Waals surface area contributed by atoms with Gasteiger partial charge in [0, 0.05) is 6.61 Å². The molecule has 0 saturated carbocycles. The number of aliphatic hydroxyl groups excluding tert-OH is 2. The van der Waals surface area contributed by atoms with E-state index in [1.807, 2.05) is 0 Å². The largest absolute Gasteiger partial charge is 0.480 e. The van der Waals surface area contributed by atoms with E-state index in [1.54, 1.807) is 0 Å². The lowest BCUT2D eigenvalue weighted by Gasteiger charge is -2.06. The van der Waals surface area contributed by atoms with E-state index in [0.717, 1.165) is 0 Å². The summed E-state index contributed by atoms with van der Waals surface area (Å²) in [7, 11) is -4.64. The topological polar surface area (TPSA) is 245 Å². The number of carboxylic acid groups (broad SMARTS) is 2. The maximum Gasteiger partial charge on any atom is 0.466 e.